The van der Waals surface area contributed by atoms with E-state index in [0.29, 0.717) is 19.1 Å². The Morgan fingerprint density at radius 1 is 1.26 bits per heavy atom. The zero-order valence-corrected chi connectivity index (χ0v) is 12.5. The van der Waals surface area contributed by atoms with E-state index >= 15 is 0 Å². The van der Waals surface area contributed by atoms with Gasteiger partial charge in [0, 0.05) is 17.6 Å². The van der Waals surface area contributed by atoms with Gasteiger partial charge in [0.15, 0.2) is 11.5 Å². The molecule has 1 fully saturated rings. The smallest absolute Gasteiger partial charge is 0.162 e. The predicted octanol–water partition coefficient (Wildman–Crippen LogP) is 2.00. The summed E-state index contributed by atoms with van der Waals surface area (Å²) in [4.78, 5) is 2.45. The van der Waals surface area contributed by atoms with Crippen LogP contribution < -0.4 is 15.2 Å². The molecule has 0 bridgehead atoms. The Labute approximate surface area is 122 Å². The molecule has 0 aromatic heterocycles. The van der Waals surface area contributed by atoms with Crippen molar-refractivity contribution < 1.29 is 9.47 Å². The highest BCUT2D eigenvalue weighted by Gasteiger charge is 2.23. The number of hydrogen-bond acceptors (Lipinski definition) is 4. The summed E-state index contributed by atoms with van der Waals surface area (Å²) < 4.78 is 12.3. The fourth-order valence-electron chi connectivity index (χ4n) is 2.72. The molecule has 1 aromatic carbocycles. The second-order valence-electron chi connectivity index (χ2n) is 5.21. The molecule has 5 heteroatoms. The average Bonchev–Trinajstić information content (AvgIpc) is 2.87. The fraction of sp³-hybridized carbons (Fsp3) is 0.571. The Hall–Kier alpha value is -0.780. The van der Waals surface area contributed by atoms with Gasteiger partial charge in [-0.2, -0.15) is 0 Å². The Bertz CT molecular complexity index is 467. The molecular weight excluding hydrogens is 308 g/mol. The average molecular weight is 327 g/mol. The lowest BCUT2D eigenvalue weighted by molar-refractivity contribution is 0.171. The lowest BCUT2D eigenvalue weighted by Crippen LogP contribution is -2.23. The highest BCUT2D eigenvalue weighted by atomic mass is 79.9. The SMILES string of the molecule is NC[C@H]1CCN(Cc2cc3c(cc2Br)OCCO3)C1. The Morgan fingerprint density at radius 2 is 2.00 bits per heavy atom. The molecule has 1 saturated heterocycles. The fourth-order valence-corrected chi connectivity index (χ4v) is 3.16. The zero-order valence-electron chi connectivity index (χ0n) is 10.9. The standard InChI is InChI=1S/C14H19BrN2O2/c15-12-6-14-13(18-3-4-19-14)5-11(12)9-17-2-1-10(7-16)8-17/h5-6,10H,1-4,7-9,16H2/t10-/m1/s1. The largest absolute Gasteiger partial charge is 0.486 e. The topological polar surface area (TPSA) is 47.7 Å². The van der Waals surface area contributed by atoms with Gasteiger partial charge in [0.25, 0.3) is 0 Å². The number of ether oxygens (including phenoxy) is 2. The summed E-state index contributed by atoms with van der Waals surface area (Å²) in [5.74, 6) is 2.35. The van der Waals surface area contributed by atoms with E-state index in [1.54, 1.807) is 0 Å². The lowest BCUT2D eigenvalue weighted by atomic mass is 10.1. The number of fused-ring (bicyclic) bond motifs is 1. The van der Waals surface area contributed by atoms with Crippen molar-refractivity contribution in [2.75, 3.05) is 32.8 Å². The van der Waals surface area contributed by atoms with Crippen molar-refractivity contribution in [3.8, 4) is 11.5 Å². The van der Waals surface area contributed by atoms with E-state index in [-0.39, 0.29) is 0 Å². The molecule has 2 aliphatic heterocycles. The maximum Gasteiger partial charge on any atom is 0.162 e. The molecule has 2 N–H and O–H groups in total. The highest BCUT2D eigenvalue weighted by molar-refractivity contribution is 9.10. The first-order valence-corrected chi connectivity index (χ1v) is 7.56. The van der Waals surface area contributed by atoms with Crippen LogP contribution in [0.4, 0.5) is 0 Å². The molecular formula is C14H19BrN2O2. The summed E-state index contributed by atoms with van der Waals surface area (Å²) in [6.07, 6.45) is 1.21. The number of nitrogens with zero attached hydrogens (tertiary/aromatic N) is 1. The summed E-state index contributed by atoms with van der Waals surface area (Å²) >= 11 is 3.63. The van der Waals surface area contributed by atoms with Crippen molar-refractivity contribution >= 4 is 15.9 Å². The van der Waals surface area contributed by atoms with Gasteiger partial charge in [-0.1, -0.05) is 15.9 Å². The number of likely N-dealkylation sites (tertiary alicyclic amines) is 1. The first kappa shape index (κ1) is 13.2. The van der Waals surface area contributed by atoms with Crippen molar-refractivity contribution in [1.29, 1.82) is 0 Å². The van der Waals surface area contributed by atoms with E-state index in [1.165, 1.54) is 12.0 Å². The van der Waals surface area contributed by atoms with Gasteiger partial charge in [-0.3, -0.25) is 4.90 Å². The minimum Gasteiger partial charge on any atom is -0.486 e. The summed E-state index contributed by atoms with van der Waals surface area (Å²) in [5.41, 5.74) is 6.99. The third-order valence-corrected chi connectivity index (χ3v) is 4.55. The van der Waals surface area contributed by atoms with Gasteiger partial charge in [-0.25, -0.2) is 0 Å². The van der Waals surface area contributed by atoms with Crippen molar-refractivity contribution in [2.45, 2.75) is 13.0 Å². The van der Waals surface area contributed by atoms with Crippen molar-refractivity contribution in [2.24, 2.45) is 11.7 Å². The molecule has 2 heterocycles. The van der Waals surface area contributed by atoms with Crippen LogP contribution in [0.2, 0.25) is 0 Å². The normalized spacial score (nSPS) is 22.7. The van der Waals surface area contributed by atoms with Crippen LogP contribution in [-0.4, -0.2) is 37.7 Å². The number of rotatable bonds is 3. The third kappa shape index (κ3) is 2.88. The molecule has 1 atom stereocenters. The van der Waals surface area contributed by atoms with Gasteiger partial charge >= 0.3 is 0 Å². The maximum absolute atomic E-state index is 5.74. The Kier molecular flexibility index (Phi) is 3.96. The molecule has 0 aliphatic carbocycles. The molecule has 0 amide bonds. The van der Waals surface area contributed by atoms with E-state index in [2.05, 4.69) is 26.9 Å². The number of halogens is 1. The molecule has 1 aromatic rings. The van der Waals surface area contributed by atoms with E-state index < -0.39 is 0 Å². The monoisotopic (exact) mass is 326 g/mol. The van der Waals surface area contributed by atoms with Crippen LogP contribution in [0.15, 0.2) is 16.6 Å². The summed E-state index contributed by atoms with van der Waals surface area (Å²) in [5, 5.41) is 0. The minimum absolute atomic E-state index is 0.628. The van der Waals surface area contributed by atoms with Crippen LogP contribution >= 0.6 is 15.9 Å². The van der Waals surface area contributed by atoms with Crippen molar-refractivity contribution in [3.05, 3.63) is 22.2 Å². The molecule has 0 unspecified atom stereocenters. The molecule has 4 nitrogen and oxygen atoms in total. The summed E-state index contributed by atoms with van der Waals surface area (Å²) in [7, 11) is 0. The van der Waals surface area contributed by atoms with E-state index in [4.69, 9.17) is 15.2 Å². The third-order valence-electron chi connectivity index (χ3n) is 3.81. The summed E-state index contributed by atoms with van der Waals surface area (Å²) in [6, 6.07) is 4.11. The first-order valence-electron chi connectivity index (χ1n) is 6.76. The van der Waals surface area contributed by atoms with E-state index in [9.17, 15) is 0 Å². The van der Waals surface area contributed by atoms with Gasteiger partial charge in [0.05, 0.1) is 0 Å². The maximum atomic E-state index is 5.74. The van der Waals surface area contributed by atoms with Gasteiger partial charge in [0.1, 0.15) is 13.2 Å². The minimum atomic E-state index is 0.628. The number of nitrogens with two attached hydrogens (primary N) is 1. The molecule has 0 radical (unpaired) electrons. The zero-order chi connectivity index (χ0) is 13.2. The summed E-state index contributed by atoms with van der Waals surface area (Å²) in [6.45, 7) is 5.21. The number of hydrogen-bond donors (Lipinski definition) is 1. The second kappa shape index (κ2) is 5.69. The van der Waals surface area contributed by atoms with Crippen LogP contribution in [0, 0.1) is 5.92 Å². The molecule has 104 valence electrons. The predicted molar refractivity (Wildman–Crippen MR) is 77.6 cm³/mol. The van der Waals surface area contributed by atoms with Gasteiger partial charge < -0.3 is 15.2 Å². The van der Waals surface area contributed by atoms with Crippen LogP contribution in [0.5, 0.6) is 11.5 Å². The van der Waals surface area contributed by atoms with E-state index in [1.807, 2.05) is 6.07 Å². The van der Waals surface area contributed by atoms with Gasteiger partial charge in [-0.15, -0.1) is 0 Å². The van der Waals surface area contributed by atoms with Crippen LogP contribution in [0.1, 0.15) is 12.0 Å². The molecule has 2 aliphatic rings. The highest BCUT2D eigenvalue weighted by Crippen LogP contribution is 2.36. The first-order chi connectivity index (χ1) is 9.26. The quantitative estimate of drug-likeness (QED) is 0.923. The van der Waals surface area contributed by atoms with Gasteiger partial charge in [0.2, 0.25) is 0 Å². The van der Waals surface area contributed by atoms with Crippen molar-refractivity contribution in [3.63, 3.8) is 0 Å². The lowest BCUT2D eigenvalue weighted by Gasteiger charge is -2.22. The molecule has 19 heavy (non-hydrogen) atoms. The Morgan fingerprint density at radius 3 is 2.68 bits per heavy atom. The van der Waals surface area contributed by atoms with Crippen molar-refractivity contribution in [1.82, 2.24) is 4.90 Å². The molecule has 3 rings (SSSR count). The van der Waals surface area contributed by atoms with E-state index in [0.717, 1.165) is 42.2 Å². The number of benzene rings is 1. The second-order valence-corrected chi connectivity index (χ2v) is 6.07. The van der Waals surface area contributed by atoms with Crippen LogP contribution in [0.25, 0.3) is 0 Å². The van der Waals surface area contributed by atoms with Crippen LogP contribution in [-0.2, 0) is 6.54 Å². The Balaban J connectivity index is 1.74. The molecule has 0 spiro atoms. The van der Waals surface area contributed by atoms with Gasteiger partial charge in [-0.05, 0) is 43.1 Å². The molecule has 0 saturated carbocycles. The van der Waals surface area contributed by atoms with Crippen LogP contribution in [0.3, 0.4) is 0 Å².